The third-order valence-electron chi connectivity index (χ3n) is 5.61. The Morgan fingerprint density at radius 3 is 2.32 bits per heavy atom. The number of hydrogen-bond acceptors (Lipinski definition) is 1. The lowest BCUT2D eigenvalue weighted by molar-refractivity contribution is 0.0516. The van der Waals surface area contributed by atoms with Crippen LogP contribution in [0.3, 0.4) is 0 Å². The van der Waals surface area contributed by atoms with Gasteiger partial charge in [0.2, 0.25) is 0 Å². The summed E-state index contributed by atoms with van der Waals surface area (Å²) < 4.78 is 0. The summed E-state index contributed by atoms with van der Waals surface area (Å²) in [6, 6.07) is 16.9. The molecule has 0 N–H and O–H groups in total. The Morgan fingerprint density at radius 1 is 1.04 bits per heavy atom. The van der Waals surface area contributed by atoms with Crippen LogP contribution in [0.5, 0.6) is 0 Å². The highest BCUT2D eigenvalue weighted by atomic mass is 16.2. The van der Waals surface area contributed by atoms with E-state index < -0.39 is 0 Å². The van der Waals surface area contributed by atoms with Crippen molar-refractivity contribution < 1.29 is 4.79 Å². The van der Waals surface area contributed by atoms with E-state index in [1.54, 1.807) is 0 Å². The first-order chi connectivity index (χ1) is 12.2. The van der Waals surface area contributed by atoms with Gasteiger partial charge in [0.05, 0.1) is 0 Å². The highest BCUT2D eigenvalue weighted by molar-refractivity contribution is 5.95. The number of rotatable bonds is 4. The van der Waals surface area contributed by atoms with Crippen LogP contribution in [0.2, 0.25) is 0 Å². The molecule has 2 nitrogen and oxygen atoms in total. The van der Waals surface area contributed by atoms with E-state index >= 15 is 0 Å². The standard InChI is InChI=1S/C23H23NO/c1-3-17-8-10-18(11-9-17)23(25)24(20-12-13-20)21-14-19(15-21)22-7-5-4-6-16(22)2/h1,4-11,19-21H,12-15H2,2H3. The van der Waals surface area contributed by atoms with E-state index in [1.807, 2.05) is 24.3 Å². The fraction of sp³-hybridized carbons (Fsp3) is 0.348. The topological polar surface area (TPSA) is 20.3 Å². The van der Waals surface area contributed by atoms with E-state index in [0.29, 0.717) is 18.0 Å². The molecular weight excluding hydrogens is 306 g/mol. The van der Waals surface area contributed by atoms with Crippen LogP contribution in [0.1, 0.15) is 58.6 Å². The summed E-state index contributed by atoms with van der Waals surface area (Å²) >= 11 is 0. The maximum atomic E-state index is 13.0. The third kappa shape index (κ3) is 3.07. The first-order valence-corrected chi connectivity index (χ1v) is 9.12. The number of carbonyl (C=O) groups is 1. The molecule has 0 aromatic heterocycles. The fourth-order valence-electron chi connectivity index (χ4n) is 3.95. The molecule has 126 valence electrons. The minimum atomic E-state index is 0.166. The van der Waals surface area contributed by atoms with Crippen molar-refractivity contribution in [3.8, 4) is 12.3 Å². The van der Waals surface area contributed by atoms with Gasteiger partial charge in [-0.15, -0.1) is 6.42 Å². The summed E-state index contributed by atoms with van der Waals surface area (Å²) in [5.74, 6) is 3.36. The molecule has 2 aliphatic carbocycles. The van der Waals surface area contributed by atoms with Crippen molar-refractivity contribution in [2.45, 2.75) is 50.6 Å². The van der Waals surface area contributed by atoms with Gasteiger partial charge < -0.3 is 4.90 Å². The lowest BCUT2D eigenvalue weighted by atomic mass is 9.73. The predicted molar refractivity (Wildman–Crippen MR) is 101 cm³/mol. The lowest BCUT2D eigenvalue weighted by Gasteiger charge is -2.44. The maximum Gasteiger partial charge on any atom is 0.254 e. The SMILES string of the molecule is C#Cc1ccc(C(=O)N(C2CC2)C2CC(c3ccccc3C)C2)cc1. The summed E-state index contributed by atoms with van der Waals surface area (Å²) in [5, 5.41) is 0. The minimum Gasteiger partial charge on any atom is -0.333 e. The average molecular weight is 329 g/mol. The van der Waals surface area contributed by atoms with E-state index in [2.05, 4.69) is 42.0 Å². The number of carbonyl (C=O) groups excluding carboxylic acids is 1. The van der Waals surface area contributed by atoms with Crippen molar-refractivity contribution >= 4 is 5.91 Å². The molecule has 0 unspecified atom stereocenters. The first kappa shape index (κ1) is 16.0. The largest absolute Gasteiger partial charge is 0.333 e. The highest BCUT2D eigenvalue weighted by Crippen LogP contribution is 2.44. The fourth-order valence-corrected chi connectivity index (χ4v) is 3.95. The van der Waals surface area contributed by atoms with Crippen molar-refractivity contribution in [2.75, 3.05) is 0 Å². The van der Waals surface area contributed by atoms with E-state index in [4.69, 9.17) is 6.42 Å². The zero-order chi connectivity index (χ0) is 17.4. The van der Waals surface area contributed by atoms with Crippen molar-refractivity contribution in [1.82, 2.24) is 4.90 Å². The molecule has 4 rings (SSSR count). The van der Waals surface area contributed by atoms with Crippen molar-refractivity contribution in [1.29, 1.82) is 0 Å². The van der Waals surface area contributed by atoms with Crippen molar-refractivity contribution in [2.24, 2.45) is 0 Å². The van der Waals surface area contributed by atoms with Crippen LogP contribution in [0, 0.1) is 19.3 Å². The number of amides is 1. The number of hydrogen-bond donors (Lipinski definition) is 0. The van der Waals surface area contributed by atoms with Crippen molar-refractivity contribution in [3.63, 3.8) is 0 Å². The van der Waals surface area contributed by atoms with Gasteiger partial charge in [0, 0.05) is 23.2 Å². The molecule has 2 aromatic rings. The zero-order valence-corrected chi connectivity index (χ0v) is 14.6. The van der Waals surface area contributed by atoms with E-state index in [1.165, 1.54) is 11.1 Å². The summed E-state index contributed by atoms with van der Waals surface area (Å²) in [6.45, 7) is 2.18. The van der Waals surface area contributed by atoms with Crippen LogP contribution in [-0.4, -0.2) is 22.9 Å². The molecule has 1 amide bonds. The Balaban J connectivity index is 1.48. The number of benzene rings is 2. The molecule has 2 aliphatic rings. The molecule has 0 atom stereocenters. The molecule has 0 aliphatic heterocycles. The number of aryl methyl sites for hydroxylation is 1. The molecule has 0 bridgehead atoms. The first-order valence-electron chi connectivity index (χ1n) is 9.12. The van der Waals surface area contributed by atoms with Crippen LogP contribution in [0.4, 0.5) is 0 Å². The molecule has 0 saturated heterocycles. The highest BCUT2D eigenvalue weighted by Gasteiger charge is 2.43. The van der Waals surface area contributed by atoms with Crippen LogP contribution in [0.25, 0.3) is 0 Å². The van der Waals surface area contributed by atoms with Crippen LogP contribution in [0.15, 0.2) is 48.5 Å². The smallest absolute Gasteiger partial charge is 0.254 e. The van der Waals surface area contributed by atoms with Crippen LogP contribution < -0.4 is 0 Å². The minimum absolute atomic E-state index is 0.166. The van der Waals surface area contributed by atoms with Crippen LogP contribution in [-0.2, 0) is 0 Å². The quantitative estimate of drug-likeness (QED) is 0.755. The second-order valence-corrected chi connectivity index (χ2v) is 7.34. The Bertz CT molecular complexity index is 820. The summed E-state index contributed by atoms with van der Waals surface area (Å²) in [7, 11) is 0. The monoisotopic (exact) mass is 329 g/mol. The van der Waals surface area contributed by atoms with E-state index in [0.717, 1.165) is 36.8 Å². The van der Waals surface area contributed by atoms with Gasteiger partial charge in [0.25, 0.3) is 5.91 Å². The van der Waals surface area contributed by atoms with Gasteiger partial charge in [-0.3, -0.25) is 4.79 Å². The molecule has 2 heteroatoms. The van der Waals surface area contributed by atoms with Gasteiger partial charge >= 0.3 is 0 Å². The Labute approximate surface area is 149 Å². The average Bonchev–Trinajstić information content (AvgIpc) is 3.43. The van der Waals surface area contributed by atoms with Crippen LogP contribution >= 0.6 is 0 Å². The normalized spacial score (nSPS) is 21.9. The molecule has 2 aromatic carbocycles. The molecule has 0 heterocycles. The summed E-state index contributed by atoms with van der Waals surface area (Å²) in [6.07, 6.45) is 9.85. The Kier molecular flexibility index (Phi) is 4.09. The van der Waals surface area contributed by atoms with Gasteiger partial charge in [-0.2, -0.15) is 0 Å². The summed E-state index contributed by atoms with van der Waals surface area (Å²) in [5.41, 5.74) is 4.38. The van der Waals surface area contributed by atoms with Gasteiger partial charge in [0.1, 0.15) is 0 Å². The molecule has 0 radical (unpaired) electrons. The van der Waals surface area contributed by atoms with E-state index in [-0.39, 0.29) is 5.91 Å². The van der Waals surface area contributed by atoms with Gasteiger partial charge in [-0.05, 0) is 73.9 Å². The Hall–Kier alpha value is -2.53. The number of terminal acetylenes is 1. The number of nitrogens with zero attached hydrogens (tertiary/aromatic N) is 1. The molecular formula is C23H23NO. The van der Waals surface area contributed by atoms with Gasteiger partial charge in [0.15, 0.2) is 0 Å². The second-order valence-electron chi connectivity index (χ2n) is 7.34. The molecule has 0 spiro atoms. The van der Waals surface area contributed by atoms with E-state index in [9.17, 15) is 4.79 Å². The van der Waals surface area contributed by atoms with Crippen molar-refractivity contribution in [3.05, 3.63) is 70.8 Å². The zero-order valence-electron chi connectivity index (χ0n) is 14.6. The predicted octanol–water partition coefficient (Wildman–Crippen LogP) is 4.53. The Morgan fingerprint density at radius 2 is 1.72 bits per heavy atom. The summed E-state index contributed by atoms with van der Waals surface area (Å²) in [4.78, 5) is 15.2. The molecule has 25 heavy (non-hydrogen) atoms. The maximum absolute atomic E-state index is 13.0. The van der Waals surface area contributed by atoms with Gasteiger partial charge in [-0.25, -0.2) is 0 Å². The second kappa shape index (κ2) is 6.41. The van der Waals surface area contributed by atoms with Gasteiger partial charge in [-0.1, -0.05) is 30.2 Å². The lowest BCUT2D eigenvalue weighted by Crippen LogP contribution is -2.48. The third-order valence-corrected chi connectivity index (χ3v) is 5.61. The molecule has 2 fully saturated rings. The molecule has 2 saturated carbocycles.